The van der Waals surface area contributed by atoms with Crippen molar-refractivity contribution < 1.29 is 9.53 Å². The second kappa shape index (κ2) is 7.29. The quantitative estimate of drug-likeness (QED) is 0.863. The molecule has 1 aromatic rings. The van der Waals surface area contributed by atoms with E-state index in [9.17, 15) is 4.79 Å². The van der Waals surface area contributed by atoms with Crippen molar-refractivity contribution >= 4 is 5.91 Å². The van der Waals surface area contributed by atoms with Gasteiger partial charge in [0.1, 0.15) is 5.75 Å². The van der Waals surface area contributed by atoms with Gasteiger partial charge in [0.05, 0.1) is 13.5 Å². The molecule has 0 saturated heterocycles. The summed E-state index contributed by atoms with van der Waals surface area (Å²) in [5.74, 6) is 0.933. The Labute approximate surface area is 120 Å². The van der Waals surface area contributed by atoms with Gasteiger partial charge < -0.3 is 15.4 Å². The topological polar surface area (TPSA) is 50.4 Å². The number of hydrogen-bond acceptors (Lipinski definition) is 3. The highest BCUT2D eigenvalue weighted by Crippen LogP contribution is 2.18. The van der Waals surface area contributed by atoms with E-state index in [1.54, 1.807) is 7.11 Å². The minimum atomic E-state index is 0.114. The highest BCUT2D eigenvalue weighted by molar-refractivity contribution is 5.78. The van der Waals surface area contributed by atoms with Gasteiger partial charge in [-0.2, -0.15) is 0 Å². The van der Waals surface area contributed by atoms with E-state index >= 15 is 0 Å². The third-order valence-electron chi connectivity index (χ3n) is 4.02. The van der Waals surface area contributed by atoms with Crippen LogP contribution >= 0.6 is 0 Å². The molecule has 4 nitrogen and oxygen atoms in total. The largest absolute Gasteiger partial charge is 0.497 e. The highest BCUT2D eigenvalue weighted by atomic mass is 16.5. The number of rotatable bonds is 5. The smallest absolute Gasteiger partial charge is 0.224 e. The van der Waals surface area contributed by atoms with E-state index in [4.69, 9.17) is 4.74 Å². The summed E-state index contributed by atoms with van der Waals surface area (Å²) in [6.45, 7) is 0. The van der Waals surface area contributed by atoms with Crippen LogP contribution in [0.5, 0.6) is 5.75 Å². The first kappa shape index (κ1) is 14.9. The summed E-state index contributed by atoms with van der Waals surface area (Å²) < 4.78 is 5.11. The molecular weight excluding hydrogens is 252 g/mol. The van der Waals surface area contributed by atoms with E-state index in [0.29, 0.717) is 18.5 Å². The van der Waals surface area contributed by atoms with Crippen molar-refractivity contribution in [1.82, 2.24) is 10.6 Å². The number of hydrogen-bond donors (Lipinski definition) is 2. The van der Waals surface area contributed by atoms with Crippen LogP contribution in [0.2, 0.25) is 0 Å². The maximum Gasteiger partial charge on any atom is 0.224 e. The third-order valence-corrected chi connectivity index (χ3v) is 4.02. The van der Waals surface area contributed by atoms with Crippen LogP contribution < -0.4 is 15.4 Å². The van der Waals surface area contributed by atoms with Gasteiger partial charge in [-0.05, 0) is 50.4 Å². The van der Waals surface area contributed by atoms with Gasteiger partial charge in [0.15, 0.2) is 0 Å². The minimum absolute atomic E-state index is 0.114. The Morgan fingerprint density at radius 3 is 2.30 bits per heavy atom. The Kier molecular flexibility index (Phi) is 5.41. The molecule has 1 aliphatic carbocycles. The molecule has 0 bridgehead atoms. The summed E-state index contributed by atoms with van der Waals surface area (Å²) in [6.07, 6.45) is 4.86. The van der Waals surface area contributed by atoms with E-state index in [0.717, 1.165) is 37.0 Å². The minimum Gasteiger partial charge on any atom is -0.497 e. The summed E-state index contributed by atoms with van der Waals surface area (Å²) in [7, 11) is 3.65. The summed E-state index contributed by atoms with van der Waals surface area (Å²) in [6, 6.07) is 8.61. The summed E-state index contributed by atoms with van der Waals surface area (Å²) in [5, 5.41) is 6.45. The zero-order valence-corrected chi connectivity index (χ0v) is 12.3. The van der Waals surface area contributed by atoms with Gasteiger partial charge in [-0.3, -0.25) is 4.79 Å². The number of nitrogens with one attached hydrogen (secondary N) is 2. The van der Waals surface area contributed by atoms with E-state index in [-0.39, 0.29) is 5.91 Å². The number of amides is 1. The molecule has 0 atom stereocenters. The monoisotopic (exact) mass is 276 g/mol. The fraction of sp³-hybridized carbons (Fsp3) is 0.562. The van der Waals surface area contributed by atoms with Crippen molar-refractivity contribution in [1.29, 1.82) is 0 Å². The van der Waals surface area contributed by atoms with E-state index in [1.165, 1.54) is 0 Å². The first-order chi connectivity index (χ1) is 9.71. The molecule has 0 radical (unpaired) electrons. The predicted octanol–water partition coefficient (Wildman–Crippen LogP) is 1.88. The Hall–Kier alpha value is -1.55. The van der Waals surface area contributed by atoms with Gasteiger partial charge in [0.2, 0.25) is 5.91 Å². The molecule has 20 heavy (non-hydrogen) atoms. The van der Waals surface area contributed by atoms with E-state index in [1.807, 2.05) is 31.3 Å². The van der Waals surface area contributed by atoms with Crippen LogP contribution in [0.1, 0.15) is 31.2 Å². The Bertz CT molecular complexity index is 423. The fourth-order valence-electron chi connectivity index (χ4n) is 2.73. The third kappa shape index (κ3) is 4.23. The molecular formula is C16H24N2O2. The number of methoxy groups -OCH3 is 1. The molecule has 1 saturated carbocycles. The van der Waals surface area contributed by atoms with Crippen LogP contribution in [-0.4, -0.2) is 32.1 Å². The average molecular weight is 276 g/mol. The van der Waals surface area contributed by atoms with Crippen molar-refractivity contribution in [2.24, 2.45) is 0 Å². The molecule has 0 aromatic heterocycles. The first-order valence-corrected chi connectivity index (χ1v) is 7.31. The first-order valence-electron chi connectivity index (χ1n) is 7.31. The summed E-state index contributed by atoms with van der Waals surface area (Å²) >= 11 is 0. The molecule has 2 rings (SSSR count). The second-order valence-corrected chi connectivity index (χ2v) is 5.43. The molecule has 0 spiro atoms. The summed E-state index contributed by atoms with van der Waals surface area (Å²) in [5.41, 5.74) is 1.02. The van der Waals surface area contributed by atoms with Crippen molar-refractivity contribution in [3.8, 4) is 5.75 Å². The fourth-order valence-corrected chi connectivity index (χ4v) is 2.73. The van der Waals surface area contributed by atoms with Gasteiger partial charge in [0, 0.05) is 12.1 Å². The van der Waals surface area contributed by atoms with E-state index < -0.39 is 0 Å². The molecule has 2 N–H and O–H groups in total. The lowest BCUT2D eigenvalue weighted by atomic mass is 9.91. The molecule has 4 heteroatoms. The summed E-state index contributed by atoms with van der Waals surface area (Å²) in [4.78, 5) is 12.0. The van der Waals surface area contributed by atoms with Crippen LogP contribution in [0, 0.1) is 0 Å². The molecule has 0 aliphatic heterocycles. The maximum absolute atomic E-state index is 12.0. The van der Waals surface area contributed by atoms with Crippen LogP contribution in [-0.2, 0) is 11.2 Å². The van der Waals surface area contributed by atoms with Gasteiger partial charge in [-0.15, -0.1) is 0 Å². The molecule has 110 valence electrons. The number of ether oxygens (including phenoxy) is 1. The van der Waals surface area contributed by atoms with Crippen LogP contribution in [0.25, 0.3) is 0 Å². The van der Waals surface area contributed by atoms with Crippen LogP contribution in [0.15, 0.2) is 24.3 Å². The molecule has 0 unspecified atom stereocenters. The van der Waals surface area contributed by atoms with Gasteiger partial charge in [0.25, 0.3) is 0 Å². The Balaban J connectivity index is 1.77. The lowest BCUT2D eigenvalue weighted by Gasteiger charge is -2.28. The highest BCUT2D eigenvalue weighted by Gasteiger charge is 2.21. The standard InChI is InChI=1S/C16H24N2O2/c1-17-13-5-7-14(8-6-13)18-16(19)11-12-3-9-15(20-2)10-4-12/h3-4,9-10,13-14,17H,5-8,11H2,1-2H3,(H,18,19). The number of benzene rings is 1. The predicted molar refractivity (Wildman–Crippen MR) is 79.9 cm³/mol. The normalized spacial score (nSPS) is 22.3. The molecule has 1 amide bonds. The second-order valence-electron chi connectivity index (χ2n) is 5.43. The lowest BCUT2D eigenvalue weighted by molar-refractivity contribution is -0.121. The molecule has 1 fully saturated rings. The van der Waals surface area contributed by atoms with Crippen LogP contribution in [0.4, 0.5) is 0 Å². The zero-order chi connectivity index (χ0) is 14.4. The zero-order valence-electron chi connectivity index (χ0n) is 12.3. The van der Waals surface area contributed by atoms with Gasteiger partial charge in [-0.1, -0.05) is 12.1 Å². The molecule has 1 aromatic carbocycles. The van der Waals surface area contributed by atoms with Crippen molar-refractivity contribution in [3.63, 3.8) is 0 Å². The van der Waals surface area contributed by atoms with Crippen molar-refractivity contribution in [2.45, 2.75) is 44.2 Å². The van der Waals surface area contributed by atoms with Crippen LogP contribution in [0.3, 0.4) is 0 Å². The average Bonchev–Trinajstić information content (AvgIpc) is 2.49. The lowest BCUT2D eigenvalue weighted by Crippen LogP contribution is -2.41. The Morgan fingerprint density at radius 2 is 1.75 bits per heavy atom. The number of carbonyl (C=O) groups is 1. The Morgan fingerprint density at radius 1 is 1.15 bits per heavy atom. The van der Waals surface area contributed by atoms with Gasteiger partial charge >= 0.3 is 0 Å². The van der Waals surface area contributed by atoms with Crippen molar-refractivity contribution in [3.05, 3.63) is 29.8 Å². The molecule has 0 heterocycles. The van der Waals surface area contributed by atoms with Crippen molar-refractivity contribution in [2.75, 3.05) is 14.2 Å². The van der Waals surface area contributed by atoms with E-state index in [2.05, 4.69) is 10.6 Å². The number of carbonyl (C=O) groups excluding carboxylic acids is 1. The van der Waals surface area contributed by atoms with Gasteiger partial charge in [-0.25, -0.2) is 0 Å². The molecule has 1 aliphatic rings. The maximum atomic E-state index is 12.0. The SMILES string of the molecule is CNC1CCC(NC(=O)Cc2ccc(OC)cc2)CC1.